The first-order valence-electron chi connectivity index (χ1n) is 8.11. The van der Waals surface area contributed by atoms with Gasteiger partial charge in [0.2, 0.25) is 0 Å². The van der Waals surface area contributed by atoms with Gasteiger partial charge in [-0.1, -0.05) is 18.2 Å². The van der Waals surface area contributed by atoms with Crippen molar-refractivity contribution in [2.75, 3.05) is 11.9 Å². The number of amides is 2. The van der Waals surface area contributed by atoms with Gasteiger partial charge in [0.05, 0.1) is 0 Å². The molecule has 2 aromatic carbocycles. The van der Waals surface area contributed by atoms with Crippen LogP contribution in [0.3, 0.4) is 0 Å². The standard InChI is InChI=1S/C19H17F2N3O/c1-23-17-5-3-2-4-13(17)14-11-24(9-8-18(14)23)19(25)22-12-6-7-15(20)16(21)10-12/h2-7,10H,8-9,11H2,1H3,(H,22,25). The zero-order valence-electron chi connectivity index (χ0n) is 13.7. The highest BCUT2D eigenvalue weighted by Gasteiger charge is 2.25. The van der Waals surface area contributed by atoms with Gasteiger partial charge in [-0.15, -0.1) is 0 Å². The number of urea groups is 1. The van der Waals surface area contributed by atoms with Crippen molar-refractivity contribution in [2.45, 2.75) is 13.0 Å². The molecule has 25 heavy (non-hydrogen) atoms. The number of carbonyl (C=O) groups excluding carboxylic acids is 1. The molecule has 0 bridgehead atoms. The molecule has 0 unspecified atom stereocenters. The van der Waals surface area contributed by atoms with Crippen LogP contribution in [-0.2, 0) is 20.0 Å². The van der Waals surface area contributed by atoms with E-state index in [-0.39, 0.29) is 11.7 Å². The average molecular weight is 341 g/mol. The van der Waals surface area contributed by atoms with E-state index in [0.29, 0.717) is 13.1 Å². The highest BCUT2D eigenvalue weighted by Crippen LogP contribution is 2.30. The van der Waals surface area contributed by atoms with E-state index in [9.17, 15) is 13.6 Å². The first-order chi connectivity index (χ1) is 12.0. The van der Waals surface area contributed by atoms with E-state index in [1.54, 1.807) is 4.90 Å². The number of aryl methyl sites for hydroxylation is 1. The third kappa shape index (κ3) is 2.63. The molecule has 0 atom stereocenters. The average Bonchev–Trinajstić information content (AvgIpc) is 2.91. The normalized spacial score (nSPS) is 13.8. The highest BCUT2D eigenvalue weighted by atomic mass is 19.2. The first-order valence-corrected chi connectivity index (χ1v) is 8.11. The molecule has 3 aromatic rings. The van der Waals surface area contributed by atoms with Gasteiger partial charge >= 0.3 is 6.03 Å². The minimum absolute atomic E-state index is 0.243. The fourth-order valence-corrected chi connectivity index (χ4v) is 3.48. The molecule has 0 saturated heterocycles. The van der Waals surface area contributed by atoms with E-state index in [1.165, 1.54) is 11.8 Å². The van der Waals surface area contributed by atoms with Crippen LogP contribution in [0.1, 0.15) is 11.3 Å². The van der Waals surface area contributed by atoms with Crippen LogP contribution in [0.4, 0.5) is 19.3 Å². The van der Waals surface area contributed by atoms with Crippen LogP contribution in [0.2, 0.25) is 0 Å². The van der Waals surface area contributed by atoms with Gasteiger partial charge < -0.3 is 14.8 Å². The molecule has 128 valence electrons. The predicted molar refractivity (Wildman–Crippen MR) is 92.4 cm³/mol. The van der Waals surface area contributed by atoms with Gasteiger partial charge in [0.15, 0.2) is 11.6 Å². The summed E-state index contributed by atoms with van der Waals surface area (Å²) in [6.07, 6.45) is 0.756. The van der Waals surface area contributed by atoms with Crippen molar-refractivity contribution >= 4 is 22.6 Å². The number of nitrogens with one attached hydrogen (secondary N) is 1. The van der Waals surface area contributed by atoms with Gasteiger partial charge in [-0.05, 0) is 18.2 Å². The second-order valence-electron chi connectivity index (χ2n) is 6.23. The van der Waals surface area contributed by atoms with Crippen LogP contribution in [0, 0.1) is 11.6 Å². The van der Waals surface area contributed by atoms with Crippen molar-refractivity contribution in [1.29, 1.82) is 0 Å². The Morgan fingerprint density at radius 1 is 1.12 bits per heavy atom. The molecule has 1 aliphatic rings. The first kappa shape index (κ1) is 15.6. The zero-order valence-corrected chi connectivity index (χ0v) is 13.7. The summed E-state index contributed by atoms with van der Waals surface area (Å²) in [5, 5.41) is 3.78. The van der Waals surface area contributed by atoms with Gasteiger partial charge in [0.25, 0.3) is 0 Å². The molecule has 4 nitrogen and oxygen atoms in total. The molecule has 4 rings (SSSR count). The van der Waals surface area contributed by atoms with Gasteiger partial charge in [0.1, 0.15) is 0 Å². The molecule has 1 N–H and O–H groups in total. The topological polar surface area (TPSA) is 37.3 Å². The number of rotatable bonds is 1. The minimum Gasteiger partial charge on any atom is -0.347 e. The maximum Gasteiger partial charge on any atom is 0.322 e. The highest BCUT2D eigenvalue weighted by molar-refractivity contribution is 5.91. The number of para-hydroxylation sites is 1. The van der Waals surface area contributed by atoms with E-state index in [1.807, 2.05) is 19.2 Å². The lowest BCUT2D eigenvalue weighted by molar-refractivity contribution is 0.206. The molecule has 0 saturated carbocycles. The molecule has 1 aliphatic heterocycles. The second kappa shape index (κ2) is 5.88. The lowest BCUT2D eigenvalue weighted by Crippen LogP contribution is -2.39. The smallest absolute Gasteiger partial charge is 0.322 e. The molecular weight excluding hydrogens is 324 g/mol. The Bertz CT molecular complexity index is 980. The Labute approximate surface area is 143 Å². The largest absolute Gasteiger partial charge is 0.347 e. The summed E-state index contributed by atoms with van der Waals surface area (Å²) < 4.78 is 28.5. The van der Waals surface area contributed by atoms with Gasteiger partial charge in [0, 0.05) is 60.5 Å². The van der Waals surface area contributed by atoms with Crippen molar-refractivity contribution < 1.29 is 13.6 Å². The number of hydrogen-bond acceptors (Lipinski definition) is 1. The molecule has 0 aliphatic carbocycles. The maximum atomic E-state index is 13.3. The van der Waals surface area contributed by atoms with Crippen LogP contribution in [-0.4, -0.2) is 22.0 Å². The molecule has 0 radical (unpaired) electrons. The summed E-state index contributed by atoms with van der Waals surface area (Å²) in [7, 11) is 2.04. The Morgan fingerprint density at radius 2 is 1.92 bits per heavy atom. The van der Waals surface area contributed by atoms with E-state index in [4.69, 9.17) is 0 Å². The SMILES string of the molecule is Cn1c2c(c3ccccc31)CN(C(=O)Nc1ccc(F)c(F)c1)CC2. The molecule has 0 fully saturated rings. The van der Waals surface area contributed by atoms with Crippen molar-refractivity contribution in [3.8, 4) is 0 Å². The van der Waals surface area contributed by atoms with Crippen molar-refractivity contribution in [3.63, 3.8) is 0 Å². The molecule has 1 aromatic heterocycles. The second-order valence-corrected chi connectivity index (χ2v) is 6.23. The number of nitrogens with zero attached hydrogens (tertiary/aromatic N) is 2. The minimum atomic E-state index is -0.979. The Hall–Kier alpha value is -2.89. The van der Waals surface area contributed by atoms with Crippen LogP contribution >= 0.6 is 0 Å². The predicted octanol–water partition coefficient (Wildman–Crippen LogP) is 4.05. The summed E-state index contributed by atoms with van der Waals surface area (Å²) in [5.41, 5.74) is 3.77. The molecule has 2 heterocycles. The van der Waals surface area contributed by atoms with E-state index >= 15 is 0 Å². The van der Waals surface area contributed by atoms with Crippen LogP contribution < -0.4 is 5.32 Å². The zero-order chi connectivity index (χ0) is 17.6. The van der Waals surface area contributed by atoms with Gasteiger partial charge in [-0.2, -0.15) is 0 Å². The van der Waals surface area contributed by atoms with Crippen molar-refractivity contribution in [3.05, 3.63) is 65.4 Å². The van der Waals surface area contributed by atoms with E-state index in [0.717, 1.165) is 35.0 Å². The van der Waals surface area contributed by atoms with Crippen LogP contribution in [0.5, 0.6) is 0 Å². The number of hydrogen-bond donors (Lipinski definition) is 1. The lowest BCUT2D eigenvalue weighted by atomic mass is 10.0. The van der Waals surface area contributed by atoms with Crippen molar-refractivity contribution in [1.82, 2.24) is 9.47 Å². The summed E-state index contributed by atoms with van der Waals surface area (Å²) in [6, 6.07) is 11.1. The lowest BCUT2D eigenvalue weighted by Gasteiger charge is -2.28. The summed E-state index contributed by atoms with van der Waals surface area (Å²) in [6.45, 7) is 1.07. The molecule has 6 heteroatoms. The molecular formula is C19H17F2N3O. The summed E-state index contributed by atoms with van der Waals surface area (Å²) in [4.78, 5) is 14.2. The number of benzene rings is 2. The Morgan fingerprint density at radius 3 is 2.72 bits per heavy atom. The van der Waals surface area contributed by atoms with Crippen molar-refractivity contribution in [2.24, 2.45) is 7.05 Å². The molecule has 0 spiro atoms. The third-order valence-electron chi connectivity index (χ3n) is 4.77. The number of carbonyl (C=O) groups is 1. The van der Waals surface area contributed by atoms with E-state index in [2.05, 4.69) is 22.0 Å². The summed E-state index contributed by atoms with van der Waals surface area (Å²) in [5.74, 6) is -1.91. The number of anilines is 1. The maximum absolute atomic E-state index is 13.3. The molecule has 2 amide bonds. The van der Waals surface area contributed by atoms with Crippen LogP contribution in [0.15, 0.2) is 42.5 Å². The summed E-state index contributed by atoms with van der Waals surface area (Å²) >= 11 is 0. The Kier molecular flexibility index (Phi) is 3.67. The Balaban J connectivity index is 1.58. The van der Waals surface area contributed by atoms with Gasteiger partial charge in [-0.3, -0.25) is 0 Å². The third-order valence-corrected chi connectivity index (χ3v) is 4.77. The number of halogens is 2. The fraction of sp³-hybridized carbons (Fsp3) is 0.211. The van der Waals surface area contributed by atoms with Crippen LogP contribution in [0.25, 0.3) is 10.9 Å². The van der Waals surface area contributed by atoms with E-state index < -0.39 is 11.6 Å². The van der Waals surface area contributed by atoms with Gasteiger partial charge in [-0.25, -0.2) is 13.6 Å². The quantitative estimate of drug-likeness (QED) is 0.712. The number of aromatic nitrogens is 1. The monoisotopic (exact) mass is 341 g/mol. The fourth-order valence-electron chi connectivity index (χ4n) is 3.48. The number of fused-ring (bicyclic) bond motifs is 3.